The molecular formula is C14H20FNO3. The maximum absolute atomic E-state index is 13.8. The molecule has 1 fully saturated rings. The third kappa shape index (κ3) is 2.98. The van der Waals surface area contributed by atoms with Crippen LogP contribution in [0.15, 0.2) is 18.2 Å². The summed E-state index contributed by atoms with van der Waals surface area (Å²) in [5, 5.41) is 9.40. The third-order valence-corrected chi connectivity index (χ3v) is 3.38. The summed E-state index contributed by atoms with van der Waals surface area (Å²) in [5.41, 5.74) is 0.546. The molecule has 1 heterocycles. The van der Waals surface area contributed by atoms with Crippen LogP contribution in [0.2, 0.25) is 0 Å². The van der Waals surface area contributed by atoms with Crippen molar-refractivity contribution in [2.45, 2.75) is 6.92 Å². The van der Waals surface area contributed by atoms with Gasteiger partial charge in [0.25, 0.3) is 0 Å². The maximum atomic E-state index is 13.8. The lowest BCUT2D eigenvalue weighted by Gasteiger charge is -2.42. The Balaban J connectivity index is 2.06. The molecule has 0 bridgehead atoms. The summed E-state index contributed by atoms with van der Waals surface area (Å²) < 4.78 is 24.1. The number of halogens is 1. The molecule has 19 heavy (non-hydrogen) atoms. The number of rotatable bonds is 6. The smallest absolute Gasteiger partial charge is 0.167 e. The molecule has 0 saturated carbocycles. The fraction of sp³-hybridized carbons (Fsp3) is 0.571. The summed E-state index contributed by atoms with van der Waals surface area (Å²) in [7, 11) is 1.88. The highest BCUT2D eigenvalue weighted by Crippen LogP contribution is 2.30. The fourth-order valence-corrected chi connectivity index (χ4v) is 2.22. The molecule has 0 unspecified atom stereocenters. The van der Waals surface area contributed by atoms with Crippen molar-refractivity contribution in [3.63, 3.8) is 0 Å². The monoisotopic (exact) mass is 269 g/mol. The Morgan fingerprint density at radius 2 is 2.21 bits per heavy atom. The molecule has 0 aromatic heterocycles. The van der Waals surface area contributed by atoms with Crippen molar-refractivity contribution in [3.05, 3.63) is 24.0 Å². The first kappa shape index (κ1) is 14.1. The minimum absolute atomic E-state index is 0.0802. The summed E-state index contributed by atoms with van der Waals surface area (Å²) in [6.45, 7) is 4.08. The van der Waals surface area contributed by atoms with E-state index in [1.807, 2.05) is 24.9 Å². The van der Waals surface area contributed by atoms with E-state index in [0.29, 0.717) is 26.4 Å². The molecule has 0 atom stereocenters. The van der Waals surface area contributed by atoms with Gasteiger partial charge in [0.2, 0.25) is 0 Å². The zero-order chi connectivity index (χ0) is 13.9. The molecule has 1 aromatic carbocycles. The molecule has 0 amide bonds. The summed E-state index contributed by atoms with van der Waals surface area (Å²) in [5.74, 6) is -0.0994. The Bertz CT molecular complexity index is 429. The number of aliphatic hydroxyl groups is 1. The van der Waals surface area contributed by atoms with Crippen molar-refractivity contribution in [1.82, 2.24) is 0 Å². The van der Waals surface area contributed by atoms with Gasteiger partial charge in [-0.1, -0.05) is 0 Å². The second-order valence-corrected chi connectivity index (χ2v) is 5.05. The number of ether oxygens (including phenoxy) is 2. The standard InChI is InChI=1S/C14H20FNO3/c1-3-19-13-5-4-11(6-12(13)15)16(2)7-14(8-17)9-18-10-14/h4-6,17H,3,7-10H2,1-2H3. The Labute approximate surface area is 112 Å². The number of hydrogen-bond donors (Lipinski definition) is 1. The average molecular weight is 269 g/mol. The van der Waals surface area contributed by atoms with Gasteiger partial charge in [-0.3, -0.25) is 0 Å². The van der Waals surface area contributed by atoms with Crippen molar-refractivity contribution in [2.75, 3.05) is 44.9 Å². The lowest BCUT2D eigenvalue weighted by Crippen LogP contribution is -2.52. The molecular weight excluding hydrogens is 249 g/mol. The van der Waals surface area contributed by atoms with Crippen molar-refractivity contribution in [3.8, 4) is 5.75 Å². The minimum atomic E-state index is -0.367. The Hall–Kier alpha value is -1.33. The zero-order valence-electron chi connectivity index (χ0n) is 11.4. The lowest BCUT2D eigenvalue weighted by molar-refractivity contribution is -0.130. The summed E-state index contributed by atoms with van der Waals surface area (Å²) in [6.07, 6.45) is 0. The number of hydrogen-bond acceptors (Lipinski definition) is 4. The largest absolute Gasteiger partial charge is 0.491 e. The van der Waals surface area contributed by atoms with E-state index < -0.39 is 0 Å². The second-order valence-electron chi connectivity index (χ2n) is 5.05. The van der Waals surface area contributed by atoms with Crippen LogP contribution in [0.4, 0.5) is 10.1 Å². The lowest BCUT2D eigenvalue weighted by atomic mass is 9.86. The molecule has 0 spiro atoms. The van der Waals surface area contributed by atoms with Crippen LogP contribution in [0, 0.1) is 11.2 Å². The predicted molar refractivity (Wildman–Crippen MR) is 71.2 cm³/mol. The molecule has 106 valence electrons. The highest BCUT2D eigenvalue weighted by molar-refractivity contribution is 5.49. The van der Waals surface area contributed by atoms with Gasteiger partial charge in [0, 0.05) is 25.3 Å². The van der Waals surface area contributed by atoms with E-state index in [-0.39, 0.29) is 23.6 Å². The van der Waals surface area contributed by atoms with E-state index >= 15 is 0 Å². The van der Waals surface area contributed by atoms with Crippen LogP contribution in [-0.4, -0.2) is 45.1 Å². The van der Waals surface area contributed by atoms with E-state index in [2.05, 4.69) is 0 Å². The Kier molecular flexibility index (Phi) is 4.27. The summed E-state index contributed by atoms with van der Waals surface area (Å²) in [4.78, 5) is 1.93. The van der Waals surface area contributed by atoms with Gasteiger partial charge < -0.3 is 19.5 Å². The van der Waals surface area contributed by atoms with Gasteiger partial charge in [-0.2, -0.15) is 0 Å². The van der Waals surface area contributed by atoms with Crippen LogP contribution < -0.4 is 9.64 Å². The Morgan fingerprint density at radius 3 is 2.68 bits per heavy atom. The van der Waals surface area contributed by atoms with E-state index in [0.717, 1.165) is 5.69 Å². The van der Waals surface area contributed by atoms with Gasteiger partial charge in [-0.25, -0.2) is 4.39 Å². The topological polar surface area (TPSA) is 41.9 Å². The molecule has 1 aliphatic heterocycles. The number of nitrogens with zero attached hydrogens (tertiary/aromatic N) is 1. The molecule has 1 saturated heterocycles. The first-order chi connectivity index (χ1) is 9.10. The van der Waals surface area contributed by atoms with Crippen molar-refractivity contribution >= 4 is 5.69 Å². The van der Waals surface area contributed by atoms with Crippen molar-refractivity contribution in [2.24, 2.45) is 5.41 Å². The first-order valence-electron chi connectivity index (χ1n) is 6.42. The van der Waals surface area contributed by atoms with Crippen LogP contribution >= 0.6 is 0 Å². The van der Waals surface area contributed by atoms with Gasteiger partial charge in [-0.05, 0) is 19.1 Å². The maximum Gasteiger partial charge on any atom is 0.167 e. The predicted octanol–water partition coefficient (Wildman–Crippen LogP) is 1.67. The fourth-order valence-electron chi connectivity index (χ4n) is 2.22. The molecule has 4 nitrogen and oxygen atoms in total. The van der Waals surface area contributed by atoms with Crippen LogP contribution in [0.1, 0.15) is 6.92 Å². The Morgan fingerprint density at radius 1 is 1.47 bits per heavy atom. The van der Waals surface area contributed by atoms with Crippen LogP contribution in [-0.2, 0) is 4.74 Å². The van der Waals surface area contributed by atoms with Gasteiger partial charge in [0.15, 0.2) is 11.6 Å². The zero-order valence-corrected chi connectivity index (χ0v) is 11.4. The molecule has 2 rings (SSSR count). The molecule has 1 aliphatic rings. The van der Waals surface area contributed by atoms with Crippen LogP contribution in [0.25, 0.3) is 0 Å². The number of aliphatic hydroxyl groups excluding tert-OH is 1. The SMILES string of the molecule is CCOc1ccc(N(C)CC2(CO)COC2)cc1F. The minimum Gasteiger partial charge on any atom is -0.491 e. The highest BCUT2D eigenvalue weighted by Gasteiger charge is 2.39. The van der Waals surface area contributed by atoms with E-state index in [9.17, 15) is 9.50 Å². The molecule has 0 radical (unpaired) electrons. The normalized spacial score (nSPS) is 16.8. The molecule has 1 aromatic rings. The third-order valence-electron chi connectivity index (χ3n) is 3.38. The summed E-state index contributed by atoms with van der Waals surface area (Å²) >= 11 is 0. The van der Waals surface area contributed by atoms with E-state index in [4.69, 9.17) is 9.47 Å². The average Bonchev–Trinajstić information content (AvgIpc) is 2.36. The van der Waals surface area contributed by atoms with Gasteiger partial charge in [-0.15, -0.1) is 0 Å². The van der Waals surface area contributed by atoms with Crippen LogP contribution in [0.5, 0.6) is 5.75 Å². The molecule has 1 N–H and O–H groups in total. The van der Waals surface area contributed by atoms with E-state index in [1.165, 1.54) is 6.07 Å². The molecule has 0 aliphatic carbocycles. The quantitative estimate of drug-likeness (QED) is 0.853. The van der Waals surface area contributed by atoms with E-state index in [1.54, 1.807) is 6.07 Å². The van der Waals surface area contributed by atoms with Crippen molar-refractivity contribution in [1.29, 1.82) is 0 Å². The van der Waals surface area contributed by atoms with Gasteiger partial charge in [0.1, 0.15) is 0 Å². The number of benzene rings is 1. The number of anilines is 1. The second kappa shape index (κ2) is 5.75. The molecule has 5 heteroatoms. The highest BCUT2D eigenvalue weighted by atomic mass is 19.1. The summed E-state index contributed by atoms with van der Waals surface area (Å²) in [6, 6.07) is 4.90. The van der Waals surface area contributed by atoms with Gasteiger partial charge in [0.05, 0.1) is 31.8 Å². The van der Waals surface area contributed by atoms with Crippen molar-refractivity contribution < 1.29 is 19.0 Å². The van der Waals surface area contributed by atoms with Gasteiger partial charge >= 0.3 is 0 Å². The first-order valence-corrected chi connectivity index (χ1v) is 6.42. The van der Waals surface area contributed by atoms with Crippen LogP contribution in [0.3, 0.4) is 0 Å².